The topological polar surface area (TPSA) is 146 Å². The summed E-state index contributed by atoms with van der Waals surface area (Å²) in [4.78, 5) is 31.7. The molecule has 1 aliphatic heterocycles. The standard InChI is InChI=1S/C24H32BClN4O6/c1-14(2)8-21(25(33)34)28-23(32)24(11-16-6-5-7-17(26)9-16)12-18(29-36-24)13-27-22(31)19-10-20(15(3)4)35-30-19/h5-7,9-10,14-15,21,33-34H,8,11-13H2,1-4H3,(H,27,31)(H,28,32)/t21-,24?/m0/s1. The number of hydrogen-bond donors (Lipinski definition) is 4. The Labute approximate surface area is 215 Å². The van der Waals surface area contributed by atoms with Crippen molar-refractivity contribution in [2.45, 2.75) is 64.4 Å². The molecule has 2 aromatic rings. The van der Waals surface area contributed by atoms with Crippen LogP contribution in [-0.4, -0.2) is 57.9 Å². The number of oxime groups is 1. The van der Waals surface area contributed by atoms with E-state index >= 15 is 0 Å². The van der Waals surface area contributed by atoms with Crippen LogP contribution in [0.5, 0.6) is 0 Å². The molecule has 1 aromatic carbocycles. The summed E-state index contributed by atoms with van der Waals surface area (Å²) in [7, 11) is -1.74. The Kier molecular flexibility index (Phi) is 9.16. The van der Waals surface area contributed by atoms with E-state index in [0.717, 1.165) is 5.56 Å². The number of carbonyl (C=O) groups is 2. The molecule has 1 unspecified atom stereocenters. The Bertz CT molecular complexity index is 1110. The zero-order chi connectivity index (χ0) is 26.5. The van der Waals surface area contributed by atoms with E-state index in [9.17, 15) is 19.6 Å². The summed E-state index contributed by atoms with van der Waals surface area (Å²) in [6.07, 6.45) is 0.575. The van der Waals surface area contributed by atoms with Crippen LogP contribution in [0, 0.1) is 5.92 Å². The first-order chi connectivity index (χ1) is 17.0. The molecule has 2 atom stereocenters. The molecule has 0 bridgehead atoms. The van der Waals surface area contributed by atoms with Crippen LogP contribution in [0.3, 0.4) is 0 Å². The van der Waals surface area contributed by atoms with Crippen LogP contribution in [0.25, 0.3) is 0 Å². The van der Waals surface area contributed by atoms with Gasteiger partial charge in [0.15, 0.2) is 5.69 Å². The normalized spacial score (nSPS) is 18.1. The second-order valence-corrected chi connectivity index (χ2v) is 10.2. The Hall–Kier alpha value is -2.89. The number of carbonyl (C=O) groups excluding carboxylic acids is 2. The number of amides is 2. The van der Waals surface area contributed by atoms with Crippen molar-refractivity contribution in [3.8, 4) is 0 Å². The molecular formula is C24H32BClN4O6. The van der Waals surface area contributed by atoms with Crippen molar-refractivity contribution in [1.82, 2.24) is 15.8 Å². The summed E-state index contributed by atoms with van der Waals surface area (Å²) in [6.45, 7) is 7.72. The number of halogens is 1. The zero-order valence-electron chi connectivity index (χ0n) is 20.8. The average molecular weight is 519 g/mol. The molecule has 0 spiro atoms. The molecule has 0 aliphatic carbocycles. The van der Waals surface area contributed by atoms with Crippen LogP contribution in [0.4, 0.5) is 0 Å². The highest BCUT2D eigenvalue weighted by Gasteiger charge is 2.48. The molecule has 12 heteroatoms. The van der Waals surface area contributed by atoms with E-state index in [2.05, 4.69) is 20.9 Å². The highest BCUT2D eigenvalue weighted by Crippen LogP contribution is 2.30. The molecule has 2 heterocycles. The van der Waals surface area contributed by atoms with Crippen LogP contribution < -0.4 is 10.6 Å². The molecule has 36 heavy (non-hydrogen) atoms. The summed E-state index contributed by atoms with van der Waals surface area (Å²) in [5.74, 6) is -1.06. The first kappa shape index (κ1) is 27.7. The fraction of sp³-hybridized carbons (Fsp3) is 0.500. The highest BCUT2D eigenvalue weighted by atomic mass is 35.5. The van der Waals surface area contributed by atoms with Crippen molar-refractivity contribution in [2.24, 2.45) is 11.1 Å². The summed E-state index contributed by atoms with van der Waals surface area (Å²) < 4.78 is 5.17. The molecule has 0 saturated carbocycles. The van der Waals surface area contributed by atoms with Crippen molar-refractivity contribution in [3.63, 3.8) is 0 Å². The number of hydrogen-bond acceptors (Lipinski definition) is 8. The molecular weight excluding hydrogens is 487 g/mol. The Morgan fingerprint density at radius 2 is 1.97 bits per heavy atom. The van der Waals surface area contributed by atoms with E-state index in [0.29, 0.717) is 22.9 Å². The molecule has 10 nitrogen and oxygen atoms in total. The van der Waals surface area contributed by atoms with Gasteiger partial charge in [0, 0.05) is 29.8 Å². The van der Waals surface area contributed by atoms with Gasteiger partial charge in [-0.1, -0.05) is 61.7 Å². The molecule has 4 N–H and O–H groups in total. The Morgan fingerprint density at radius 1 is 1.22 bits per heavy atom. The van der Waals surface area contributed by atoms with Crippen LogP contribution in [0.1, 0.15) is 68.3 Å². The minimum atomic E-state index is -1.74. The summed E-state index contributed by atoms with van der Waals surface area (Å²) in [5, 5.41) is 33.4. The second-order valence-electron chi connectivity index (χ2n) is 9.80. The highest BCUT2D eigenvalue weighted by molar-refractivity contribution is 6.43. The van der Waals surface area contributed by atoms with Gasteiger partial charge in [-0.25, -0.2) is 0 Å². The number of rotatable bonds is 11. The van der Waals surface area contributed by atoms with E-state index in [-0.39, 0.29) is 36.9 Å². The lowest BCUT2D eigenvalue weighted by Crippen LogP contribution is -2.56. The number of aromatic nitrogens is 1. The van der Waals surface area contributed by atoms with Crippen LogP contribution in [0.15, 0.2) is 40.0 Å². The third-order valence-corrected chi connectivity index (χ3v) is 6.05. The van der Waals surface area contributed by atoms with Crippen molar-refractivity contribution in [1.29, 1.82) is 0 Å². The first-order valence-electron chi connectivity index (χ1n) is 11.9. The fourth-order valence-electron chi connectivity index (χ4n) is 3.92. The van der Waals surface area contributed by atoms with Gasteiger partial charge in [0.2, 0.25) is 5.60 Å². The Balaban J connectivity index is 1.73. The van der Waals surface area contributed by atoms with Gasteiger partial charge in [0.1, 0.15) is 5.76 Å². The molecule has 0 radical (unpaired) electrons. The molecule has 1 aliphatic rings. The number of benzene rings is 1. The van der Waals surface area contributed by atoms with Crippen molar-refractivity contribution < 1.29 is 29.0 Å². The van der Waals surface area contributed by atoms with E-state index in [4.69, 9.17) is 21.0 Å². The molecule has 0 saturated heterocycles. The van der Waals surface area contributed by atoms with Gasteiger partial charge in [-0.15, -0.1) is 0 Å². The van der Waals surface area contributed by atoms with Crippen molar-refractivity contribution in [3.05, 3.63) is 52.4 Å². The van der Waals surface area contributed by atoms with E-state index in [1.165, 1.54) is 0 Å². The smallest absolute Gasteiger partial charge is 0.426 e. The van der Waals surface area contributed by atoms with Crippen LogP contribution >= 0.6 is 11.6 Å². The van der Waals surface area contributed by atoms with Crippen molar-refractivity contribution in [2.75, 3.05) is 6.54 Å². The zero-order valence-corrected chi connectivity index (χ0v) is 21.6. The molecule has 1 aromatic heterocycles. The van der Waals surface area contributed by atoms with Gasteiger partial charge < -0.3 is 30.0 Å². The maximum atomic E-state index is 13.5. The maximum absolute atomic E-state index is 13.5. The molecule has 0 fully saturated rings. The monoisotopic (exact) mass is 518 g/mol. The van der Waals surface area contributed by atoms with Gasteiger partial charge in [0.25, 0.3) is 11.8 Å². The molecule has 3 rings (SSSR count). The van der Waals surface area contributed by atoms with E-state index in [1.807, 2.05) is 33.8 Å². The summed E-state index contributed by atoms with van der Waals surface area (Å²) >= 11 is 6.13. The third kappa shape index (κ3) is 7.08. The van der Waals surface area contributed by atoms with E-state index < -0.39 is 30.5 Å². The van der Waals surface area contributed by atoms with Gasteiger partial charge in [-0.2, -0.15) is 0 Å². The van der Waals surface area contributed by atoms with Gasteiger partial charge in [-0.05, 0) is 30.0 Å². The van der Waals surface area contributed by atoms with Crippen LogP contribution in [0.2, 0.25) is 5.02 Å². The lowest BCUT2D eigenvalue weighted by Gasteiger charge is -2.29. The summed E-state index contributed by atoms with van der Waals surface area (Å²) in [5.41, 5.74) is -0.118. The van der Waals surface area contributed by atoms with Gasteiger partial charge in [0.05, 0.1) is 18.2 Å². The minimum absolute atomic E-state index is 0.0331. The van der Waals surface area contributed by atoms with Crippen molar-refractivity contribution >= 4 is 36.2 Å². The maximum Gasteiger partial charge on any atom is 0.475 e. The predicted molar refractivity (Wildman–Crippen MR) is 136 cm³/mol. The third-order valence-electron chi connectivity index (χ3n) is 5.82. The lowest BCUT2D eigenvalue weighted by molar-refractivity contribution is -0.144. The lowest BCUT2D eigenvalue weighted by atomic mass is 9.74. The minimum Gasteiger partial charge on any atom is -0.426 e. The second kappa shape index (κ2) is 11.9. The first-order valence-corrected chi connectivity index (χ1v) is 12.3. The van der Waals surface area contributed by atoms with Gasteiger partial charge >= 0.3 is 7.12 Å². The Morgan fingerprint density at radius 3 is 2.58 bits per heavy atom. The average Bonchev–Trinajstić information content (AvgIpc) is 3.45. The van der Waals surface area contributed by atoms with Gasteiger partial charge in [-0.3, -0.25) is 9.59 Å². The number of nitrogens with zero attached hydrogens (tertiary/aromatic N) is 2. The number of nitrogens with one attached hydrogen (secondary N) is 2. The van der Waals surface area contributed by atoms with E-state index in [1.54, 1.807) is 24.3 Å². The predicted octanol–water partition coefficient (Wildman–Crippen LogP) is 2.48. The fourth-order valence-corrected chi connectivity index (χ4v) is 4.13. The van der Waals surface area contributed by atoms with Crippen LogP contribution in [-0.2, 0) is 16.1 Å². The molecule has 2 amide bonds. The largest absolute Gasteiger partial charge is 0.475 e. The quantitative estimate of drug-likeness (QED) is 0.334. The molecule has 194 valence electrons. The summed E-state index contributed by atoms with van der Waals surface area (Å²) in [6, 6.07) is 8.61. The SMILES string of the molecule is CC(C)C[C@H](NC(=O)C1(Cc2cccc(Cl)c2)CC(CNC(=O)c2cc(C(C)C)on2)=NO1)B(O)O.